The predicted molar refractivity (Wildman–Crippen MR) is 364 cm³/mol. The number of quaternary nitrogens is 1. The van der Waals surface area contributed by atoms with E-state index in [1.807, 2.05) is 33.3 Å². The highest BCUT2D eigenvalue weighted by Gasteiger charge is 2.30. The van der Waals surface area contributed by atoms with Crippen LogP contribution in [0.3, 0.4) is 0 Å². The van der Waals surface area contributed by atoms with Gasteiger partial charge in [-0.2, -0.15) is 0 Å². The second-order valence-corrected chi connectivity index (χ2v) is 26.5. The summed E-state index contributed by atoms with van der Waals surface area (Å²) in [5, 5.41) is 3.06. The van der Waals surface area contributed by atoms with Gasteiger partial charge in [-0.15, -0.1) is 0 Å². The van der Waals surface area contributed by atoms with Gasteiger partial charge in [-0.25, -0.2) is 4.57 Å². The van der Waals surface area contributed by atoms with Crippen LogP contribution in [0, 0.1) is 0 Å². The molecule has 0 rings (SSSR count). The molecule has 0 aliphatic heterocycles. The Kier molecular flexibility index (Phi) is 61.1. The van der Waals surface area contributed by atoms with Crippen molar-refractivity contribution in [2.75, 3.05) is 40.9 Å². The Morgan fingerprint density at radius 3 is 1.17 bits per heavy atom. The first-order chi connectivity index (χ1) is 40.9. The normalized spacial score (nSPS) is 14.0. The maximum atomic E-state index is 13.6. The first-order valence-electron chi connectivity index (χ1n) is 35.4. The topological polar surface area (TPSA) is 111 Å². The van der Waals surface area contributed by atoms with Gasteiger partial charge in [0.15, 0.2) is 0 Å². The molecular formula is C74H136N2O7P+. The van der Waals surface area contributed by atoms with E-state index in [2.05, 4.69) is 99.0 Å². The number of esters is 1. The molecule has 0 heterocycles. The molecule has 0 saturated carbocycles. The summed E-state index contributed by atoms with van der Waals surface area (Å²) in [4.78, 5) is 37.9. The van der Waals surface area contributed by atoms with Crippen molar-refractivity contribution >= 4 is 19.7 Å². The smallest absolute Gasteiger partial charge is 0.456 e. The molecule has 1 amide bonds. The molecule has 0 saturated heterocycles. The second kappa shape index (κ2) is 63.2. The van der Waals surface area contributed by atoms with Gasteiger partial charge in [0.05, 0.1) is 33.8 Å². The lowest BCUT2D eigenvalue weighted by molar-refractivity contribution is -0.870. The van der Waals surface area contributed by atoms with Gasteiger partial charge in [0.2, 0.25) is 5.91 Å². The molecule has 0 aliphatic rings. The van der Waals surface area contributed by atoms with Crippen molar-refractivity contribution in [3.8, 4) is 0 Å². The minimum Gasteiger partial charge on any atom is -0.456 e. The Hall–Kier alpha value is -2.81. The number of phosphoric ester groups is 1. The van der Waals surface area contributed by atoms with Crippen LogP contribution in [-0.4, -0.2) is 74.3 Å². The van der Waals surface area contributed by atoms with E-state index in [9.17, 15) is 19.0 Å². The molecule has 0 spiro atoms. The second-order valence-electron chi connectivity index (χ2n) is 25.0. The number of carbonyl (C=O) groups excluding carboxylic acids is 2. The Morgan fingerprint density at radius 2 is 0.762 bits per heavy atom. The summed E-state index contributed by atoms with van der Waals surface area (Å²) in [6.45, 7) is 6.90. The minimum absolute atomic E-state index is 0.0327. The number of nitrogens with zero attached hydrogens (tertiary/aromatic N) is 1. The van der Waals surface area contributed by atoms with Gasteiger partial charge in [0, 0.05) is 12.8 Å². The highest BCUT2D eigenvalue weighted by Crippen LogP contribution is 2.43. The fourth-order valence-electron chi connectivity index (χ4n) is 10.1. The number of carbonyl (C=O) groups is 2. The van der Waals surface area contributed by atoms with E-state index < -0.39 is 20.0 Å². The number of ether oxygens (including phenoxy) is 1. The Bertz CT molecular complexity index is 1710. The summed E-state index contributed by atoms with van der Waals surface area (Å²) in [6.07, 6.45) is 84.6. The van der Waals surface area contributed by atoms with Gasteiger partial charge in [-0.05, 0) is 102 Å². The largest absolute Gasteiger partial charge is 0.472 e. The van der Waals surface area contributed by atoms with E-state index in [4.69, 9.17) is 13.8 Å². The number of phosphoric acid groups is 1. The van der Waals surface area contributed by atoms with Crippen LogP contribution in [0.4, 0.5) is 0 Å². The fourth-order valence-corrected chi connectivity index (χ4v) is 10.9. The van der Waals surface area contributed by atoms with E-state index in [0.717, 1.165) is 89.9 Å². The molecule has 0 aliphatic carbocycles. The van der Waals surface area contributed by atoms with Gasteiger partial charge >= 0.3 is 13.8 Å². The van der Waals surface area contributed by atoms with Crippen molar-refractivity contribution in [3.63, 3.8) is 0 Å². The van der Waals surface area contributed by atoms with Gasteiger partial charge in [0.1, 0.15) is 19.3 Å². The Labute approximate surface area is 520 Å². The maximum Gasteiger partial charge on any atom is 0.472 e. The third-order valence-electron chi connectivity index (χ3n) is 15.6. The van der Waals surface area contributed by atoms with Crippen LogP contribution in [-0.2, 0) is 27.9 Å². The van der Waals surface area contributed by atoms with Gasteiger partial charge in [0.25, 0.3) is 0 Å². The molecular weight excluding hydrogens is 1060 g/mol. The van der Waals surface area contributed by atoms with Crippen molar-refractivity contribution < 1.29 is 37.3 Å². The SMILES string of the molecule is CC/C=C\C/C=C\C/C=C\C/C=C\C/C=C\CCCCCC(=O)OC(/C=C\CCCCCCCCCCCC)C(COP(=O)(O)OCC[N+](C)(C)C)NC(=O)CCCCCCCCCCCCCCCCCCC/C=C/CCCCCCCC. The van der Waals surface area contributed by atoms with Crippen LogP contribution < -0.4 is 5.32 Å². The molecule has 2 N–H and O–H groups in total. The number of amides is 1. The van der Waals surface area contributed by atoms with Crippen LogP contribution in [0.15, 0.2) is 85.1 Å². The lowest BCUT2D eigenvalue weighted by Crippen LogP contribution is -2.47. The summed E-state index contributed by atoms with van der Waals surface area (Å²) in [5.41, 5.74) is 0. The summed E-state index contributed by atoms with van der Waals surface area (Å²) in [5.74, 6) is -0.535. The molecule has 0 aromatic carbocycles. The number of allylic oxidation sites excluding steroid dienone is 13. The van der Waals surface area contributed by atoms with E-state index in [0.29, 0.717) is 23.9 Å². The van der Waals surface area contributed by atoms with Gasteiger partial charge in [-0.1, -0.05) is 292 Å². The lowest BCUT2D eigenvalue weighted by atomic mass is 10.0. The standard InChI is InChI=1S/C74H135N2O7P/c1-7-10-13-16-19-22-25-28-30-32-34-35-36-37-38-39-40-41-43-44-46-48-51-54-57-60-63-66-73(77)75-71(70-82-84(79,80)81-69-68-76(4,5)6)72(65-62-59-56-53-50-27-24-21-18-15-12-9-3)83-74(78)67-64-61-58-55-52-49-47-45-42-33-31-29-26-23-20-17-14-11-8-2/h11,14,20,23,28-31,42,45,49,52,62,65,71-72H,7-10,12-13,15-19,21-22,24-27,32-41,43-44,46-48,50-51,53-61,63-64,66-70H2,1-6H3,(H-,75,77,79,80)/p+1/b14-11-,23-20-,30-28+,31-29-,45-42-,52-49-,65-62-. The molecule has 0 aromatic rings. The number of likely N-dealkylation sites (N-methyl/N-ethyl adjacent to an activating group) is 1. The van der Waals surface area contributed by atoms with Crippen LogP contribution >= 0.6 is 7.82 Å². The van der Waals surface area contributed by atoms with Crippen molar-refractivity contribution in [2.45, 2.75) is 335 Å². The van der Waals surface area contributed by atoms with Gasteiger partial charge < -0.3 is 19.4 Å². The van der Waals surface area contributed by atoms with Crippen LogP contribution in [0.25, 0.3) is 0 Å². The summed E-state index contributed by atoms with van der Waals surface area (Å²) in [6, 6.07) is -0.866. The maximum absolute atomic E-state index is 13.6. The monoisotopic (exact) mass is 1200 g/mol. The molecule has 488 valence electrons. The lowest BCUT2D eigenvalue weighted by Gasteiger charge is -2.27. The summed E-state index contributed by atoms with van der Waals surface area (Å²) in [7, 11) is 1.48. The van der Waals surface area contributed by atoms with E-state index in [-0.39, 0.29) is 31.5 Å². The van der Waals surface area contributed by atoms with Crippen LogP contribution in [0.5, 0.6) is 0 Å². The molecule has 9 nitrogen and oxygen atoms in total. The van der Waals surface area contributed by atoms with E-state index in [1.165, 1.54) is 193 Å². The molecule has 84 heavy (non-hydrogen) atoms. The first-order valence-corrected chi connectivity index (χ1v) is 36.9. The van der Waals surface area contributed by atoms with Crippen molar-refractivity contribution in [1.29, 1.82) is 0 Å². The van der Waals surface area contributed by atoms with Crippen LogP contribution in [0.1, 0.15) is 323 Å². The highest BCUT2D eigenvalue weighted by atomic mass is 31.2. The molecule has 3 atom stereocenters. The minimum atomic E-state index is -4.46. The van der Waals surface area contributed by atoms with Crippen molar-refractivity contribution in [3.05, 3.63) is 85.1 Å². The molecule has 0 radical (unpaired) electrons. The Morgan fingerprint density at radius 1 is 0.429 bits per heavy atom. The quantitative estimate of drug-likeness (QED) is 0.0205. The fraction of sp³-hybridized carbons (Fsp3) is 0.784. The van der Waals surface area contributed by atoms with Crippen LogP contribution in [0.2, 0.25) is 0 Å². The third kappa shape index (κ3) is 63.7. The molecule has 0 fully saturated rings. The van der Waals surface area contributed by atoms with Crippen molar-refractivity contribution in [1.82, 2.24) is 5.32 Å². The molecule has 10 heteroatoms. The van der Waals surface area contributed by atoms with Gasteiger partial charge in [-0.3, -0.25) is 18.6 Å². The number of hydrogen-bond donors (Lipinski definition) is 2. The zero-order chi connectivity index (χ0) is 61.4. The molecule has 0 bridgehead atoms. The number of nitrogens with one attached hydrogen (secondary N) is 1. The van der Waals surface area contributed by atoms with E-state index in [1.54, 1.807) is 0 Å². The molecule has 0 aromatic heterocycles. The van der Waals surface area contributed by atoms with E-state index >= 15 is 0 Å². The number of hydrogen-bond acceptors (Lipinski definition) is 6. The summed E-state index contributed by atoms with van der Waals surface area (Å²) >= 11 is 0. The Balaban J connectivity index is 5.06. The summed E-state index contributed by atoms with van der Waals surface area (Å²) < 4.78 is 30.8. The zero-order valence-corrected chi connectivity index (χ0v) is 56.8. The van der Waals surface area contributed by atoms with Crippen molar-refractivity contribution in [2.24, 2.45) is 0 Å². The number of rotatable bonds is 64. The molecule has 3 unspecified atom stereocenters. The third-order valence-corrected chi connectivity index (χ3v) is 16.6. The zero-order valence-electron chi connectivity index (χ0n) is 55.9. The highest BCUT2D eigenvalue weighted by molar-refractivity contribution is 7.47. The first kappa shape index (κ1) is 81.2. The predicted octanol–water partition coefficient (Wildman–Crippen LogP) is 22.5. The number of unbranched alkanes of at least 4 members (excludes halogenated alkanes) is 36. The average Bonchev–Trinajstić information content (AvgIpc) is 3.65. The average molecular weight is 1200 g/mol.